The summed E-state index contributed by atoms with van der Waals surface area (Å²) in [5.74, 6) is 1.60. The van der Waals surface area contributed by atoms with Crippen LogP contribution in [0.1, 0.15) is 23.0 Å². The van der Waals surface area contributed by atoms with Crippen molar-refractivity contribution in [3.63, 3.8) is 0 Å². The summed E-state index contributed by atoms with van der Waals surface area (Å²) >= 11 is 4.85. The third kappa shape index (κ3) is 4.69. The van der Waals surface area contributed by atoms with Gasteiger partial charge < -0.3 is 15.0 Å². The maximum Gasteiger partial charge on any atom is 0.274 e. The fourth-order valence-electron chi connectivity index (χ4n) is 2.55. The molecule has 6 nitrogen and oxygen atoms in total. The van der Waals surface area contributed by atoms with Crippen molar-refractivity contribution in [3.8, 4) is 11.5 Å². The van der Waals surface area contributed by atoms with E-state index in [-0.39, 0.29) is 5.91 Å². The van der Waals surface area contributed by atoms with Gasteiger partial charge >= 0.3 is 0 Å². The number of rotatable bonds is 7. The molecule has 0 aliphatic rings. The van der Waals surface area contributed by atoms with Crippen molar-refractivity contribution in [3.05, 3.63) is 72.2 Å². The standard InChI is InChI=1S/C21H19N4O2S/c1-3-25(14-28)19-10-9-18(13-23-19)27-17-8-4-7-16(12-17)24-21(26)20-15(2)6-5-11-22-20/h4-13H,3H2,1-2H3,(H,24,26). The molecule has 0 fully saturated rings. The smallest absolute Gasteiger partial charge is 0.274 e. The first-order chi connectivity index (χ1) is 13.6. The summed E-state index contributed by atoms with van der Waals surface area (Å²) in [6.45, 7) is 4.51. The number of carbonyl (C=O) groups is 1. The van der Waals surface area contributed by atoms with Gasteiger partial charge in [-0.2, -0.15) is 0 Å². The lowest BCUT2D eigenvalue weighted by molar-refractivity contribution is 0.102. The summed E-state index contributed by atoms with van der Waals surface area (Å²) in [5.41, 5.74) is 4.47. The molecule has 0 unspecified atom stereocenters. The number of nitrogens with one attached hydrogen (secondary N) is 1. The molecule has 0 saturated heterocycles. The van der Waals surface area contributed by atoms with Gasteiger partial charge in [-0.25, -0.2) is 4.98 Å². The van der Waals surface area contributed by atoms with Crippen molar-refractivity contribution in [2.45, 2.75) is 13.8 Å². The first-order valence-corrected chi connectivity index (χ1v) is 9.13. The lowest BCUT2D eigenvalue weighted by Crippen LogP contribution is -2.19. The van der Waals surface area contributed by atoms with Crippen LogP contribution in [0.3, 0.4) is 0 Å². The van der Waals surface area contributed by atoms with E-state index in [0.29, 0.717) is 35.2 Å². The second-order valence-corrected chi connectivity index (χ2v) is 6.12. The fraction of sp³-hybridized carbons (Fsp3) is 0.143. The van der Waals surface area contributed by atoms with Gasteiger partial charge in [-0.15, -0.1) is 0 Å². The Morgan fingerprint density at radius 3 is 2.71 bits per heavy atom. The molecule has 1 N–H and O–H groups in total. The monoisotopic (exact) mass is 391 g/mol. The number of amides is 1. The van der Waals surface area contributed by atoms with E-state index >= 15 is 0 Å². The first-order valence-electron chi connectivity index (χ1n) is 8.73. The normalized spacial score (nSPS) is 10.2. The van der Waals surface area contributed by atoms with E-state index in [1.54, 1.807) is 53.7 Å². The number of carbonyl (C=O) groups excluding carboxylic acids is 1. The second-order valence-electron chi connectivity index (χ2n) is 5.94. The van der Waals surface area contributed by atoms with Crippen LogP contribution in [-0.2, 0) is 0 Å². The Balaban J connectivity index is 1.70. The van der Waals surface area contributed by atoms with Gasteiger partial charge in [-0.05, 0) is 49.7 Å². The average Bonchev–Trinajstić information content (AvgIpc) is 2.71. The van der Waals surface area contributed by atoms with Crippen molar-refractivity contribution >= 4 is 35.1 Å². The Bertz CT molecular complexity index is 976. The summed E-state index contributed by atoms with van der Waals surface area (Å²) in [4.78, 5) is 22.6. The zero-order valence-corrected chi connectivity index (χ0v) is 16.4. The van der Waals surface area contributed by atoms with Crippen molar-refractivity contribution in [2.24, 2.45) is 0 Å². The van der Waals surface area contributed by atoms with Gasteiger partial charge in [0.25, 0.3) is 5.91 Å². The summed E-state index contributed by atoms with van der Waals surface area (Å²) in [5, 5.41) is 2.84. The first kappa shape index (κ1) is 19.4. The molecule has 0 saturated carbocycles. The molecule has 1 radical (unpaired) electrons. The quantitative estimate of drug-likeness (QED) is 0.473. The third-order valence-electron chi connectivity index (χ3n) is 3.98. The van der Waals surface area contributed by atoms with Crippen molar-refractivity contribution in [1.82, 2.24) is 9.97 Å². The van der Waals surface area contributed by atoms with Crippen LogP contribution in [0.25, 0.3) is 0 Å². The lowest BCUT2D eigenvalue weighted by atomic mass is 10.2. The van der Waals surface area contributed by atoms with E-state index in [1.807, 2.05) is 26.0 Å². The fourth-order valence-corrected chi connectivity index (χ4v) is 2.78. The van der Waals surface area contributed by atoms with Crippen LogP contribution in [0, 0.1) is 6.92 Å². The lowest BCUT2D eigenvalue weighted by Gasteiger charge is -2.14. The average molecular weight is 391 g/mol. The van der Waals surface area contributed by atoms with Gasteiger partial charge in [-0.3, -0.25) is 9.78 Å². The molecule has 2 aromatic heterocycles. The highest BCUT2D eigenvalue weighted by Gasteiger charge is 2.11. The van der Waals surface area contributed by atoms with Crippen LogP contribution in [-0.4, -0.2) is 27.9 Å². The number of thiocarbonyl (C=S) groups is 1. The Morgan fingerprint density at radius 1 is 1.18 bits per heavy atom. The van der Waals surface area contributed by atoms with Gasteiger partial charge in [0.05, 0.1) is 6.20 Å². The molecule has 3 aromatic rings. The van der Waals surface area contributed by atoms with Gasteiger partial charge in [0.1, 0.15) is 28.5 Å². The van der Waals surface area contributed by atoms with Gasteiger partial charge in [0.15, 0.2) is 0 Å². The maximum absolute atomic E-state index is 12.4. The van der Waals surface area contributed by atoms with Crippen LogP contribution >= 0.6 is 12.2 Å². The molecule has 2 heterocycles. The minimum atomic E-state index is -0.266. The molecule has 0 atom stereocenters. The molecule has 141 valence electrons. The number of ether oxygens (including phenoxy) is 1. The number of hydrogen-bond donors (Lipinski definition) is 1. The second kappa shape index (κ2) is 9.05. The highest BCUT2D eigenvalue weighted by Crippen LogP contribution is 2.25. The van der Waals surface area contributed by atoms with Crippen LogP contribution in [0.4, 0.5) is 11.5 Å². The van der Waals surface area contributed by atoms with Crippen LogP contribution in [0.15, 0.2) is 60.9 Å². The summed E-state index contributed by atoms with van der Waals surface area (Å²) in [6, 6.07) is 14.4. The third-order valence-corrected chi connectivity index (χ3v) is 4.20. The van der Waals surface area contributed by atoms with E-state index < -0.39 is 0 Å². The summed E-state index contributed by atoms with van der Waals surface area (Å²) in [6.07, 6.45) is 3.21. The molecule has 0 aliphatic carbocycles. The zero-order valence-electron chi connectivity index (χ0n) is 15.5. The molecule has 7 heteroatoms. The summed E-state index contributed by atoms with van der Waals surface area (Å²) in [7, 11) is 0. The Kier molecular flexibility index (Phi) is 6.29. The van der Waals surface area contributed by atoms with Crippen LogP contribution < -0.4 is 15.0 Å². The zero-order chi connectivity index (χ0) is 19.9. The predicted molar refractivity (Wildman–Crippen MR) is 113 cm³/mol. The van der Waals surface area contributed by atoms with Gasteiger partial charge in [0.2, 0.25) is 0 Å². The molecule has 3 rings (SSSR count). The Hall–Kier alpha value is -3.32. The van der Waals surface area contributed by atoms with Gasteiger partial charge in [0, 0.05) is 24.5 Å². The van der Waals surface area contributed by atoms with E-state index in [9.17, 15) is 4.79 Å². The number of pyridine rings is 2. The van der Waals surface area contributed by atoms with Gasteiger partial charge in [-0.1, -0.05) is 24.4 Å². The van der Waals surface area contributed by atoms with Crippen molar-refractivity contribution < 1.29 is 9.53 Å². The number of anilines is 2. The predicted octanol–water partition coefficient (Wildman–Crippen LogP) is 4.49. The maximum atomic E-state index is 12.4. The van der Waals surface area contributed by atoms with E-state index in [0.717, 1.165) is 5.56 Å². The Morgan fingerprint density at radius 2 is 2.04 bits per heavy atom. The molecular weight excluding hydrogens is 372 g/mol. The molecular formula is C21H19N4O2S. The molecule has 1 aromatic carbocycles. The highest BCUT2D eigenvalue weighted by molar-refractivity contribution is 7.79. The minimum absolute atomic E-state index is 0.266. The highest BCUT2D eigenvalue weighted by atomic mass is 32.1. The van der Waals surface area contributed by atoms with E-state index in [4.69, 9.17) is 17.0 Å². The molecule has 28 heavy (non-hydrogen) atoms. The van der Waals surface area contributed by atoms with E-state index in [1.165, 1.54) is 0 Å². The number of aryl methyl sites for hydroxylation is 1. The summed E-state index contributed by atoms with van der Waals surface area (Å²) < 4.78 is 5.84. The molecule has 0 spiro atoms. The number of aromatic nitrogens is 2. The largest absolute Gasteiger partial charge is 0.456 e. The topological polar surface area (TPSA) is 67.3 Å². The number of benzene rings is 1. The minimum Gasteiger partial charge on any atom is -0.456 e. The molecule has 0 aliphatic heterocycles. The SMILES string of the molecule is CCN([C]=S)c1ccc(Oc2cccc(NC(=O)c3ncccc3C)c2)cn1. The van der Waals surface area contributed by atoms with Crippen molar-refractivity contribution in [1.29, 1.82) is 0 Å². The Labute approximate surface area is 169 Å². The molecule has 1 amide bonds. The van der Waals surface area contributed by atoms with E-state index in [2.05, 4.69) is 20.8 Å². The molecule has 0 bridgehead atoms. The number of hydrogen-bond acceptors (Lipinski definition) is 5. The van der Waals surface area contributed by atoms with Crippen LogP contribution in [0.2, 0.25) is 0 Å². The van der Waals surface area contributed by atoms with Crippen LogP contribution in [0.5, 0.6) is 11.5 Å². The number of nitrogens with zero attached hydrogens (tertiary/aromatic N) is 3. The van der Waals surface area contributed by atoms with Crippen molar-refractivity contribution in [2.75, 3.05) is 16.8 Å².